The monoisotopic (exact) mass is 254 g/mol. The highest BCUT2D eigenvalue weighted by molar-refractivity contribution is 6.17. The molecule has 1 aromatic heterocycles. The number of rotatable bonds is 3. The molecular weight excluding hydrogens is 236 g/mol. The van der Waals surface area contributed by atoms with Gasteiger partial charge in [-0.15, -0.1) is 11.6 Å². The number of ether oxygens (including phenoxy) is 1. The van der Waals surface area contributed by atoms with Crippen molar-refractivity contribution in [3.63, 3.8) is 0 Å². The summed E-state index contributed by atoms with van der Waals surface area (Å²) in [6.07, 6.45) is 1.22. The van der Waals surface area contributed by atoms with Crippen LogP contribution in [0.2, 0.25) is 0 Å². The highest BCUT2D eigenvalue weighted by Crippen LogP contribution is 2.19. The van der Waals surface area contributed by atoms with Crippen LogP contribution in [0.4, 0.5) is 5.82 Å². The van der Waals surface area contributed by atoms with Gasteiger partial charge in [-0.3, -0.25) is 0 Å². The number of aromatic nitrogens is 1. The van der Waals surface area contributed by atoms with Crippen molar-refractivity contribution in [1.29, 1.82) is 0 Å². The van der Waals surface area contributed by atoms with Gasteiger partial charge in [0.05, 0.1) is 12.7 Å². The Morgan fingerprint density at radius 3 is 3.00 bits per heavy atom. The van der Waals surface area contributed by atoms with Crippen LogP contribution in [0.3, 0.4) is 0 Å². The number of anilines is 1. The van der Waals surface area contributed by atoms with Crippen LogP contribution in [0.15, 0.2) is 12.1 Å². The zero-order valence-electron chi connectivity index (χ0n) is 10.4. The van der Waals surface area contributed by atoms with Crippen LogP contribution in [0.25, 0.3) is 0 Å². The Bertz CT molecular complexity index is 361. The lowest BCUT2D eigenvalue weighted by molar-refractivity contribution is 0.0529. The molecule has 0 spiro atoms. The lowest BCUT2D eigenvalue weighted by atomic mass is 10.2. The second-order valence-corrected chi connectivity index (χ2v) is 4.71. The molecule has 0 radical (unpaired) electrons. The summed E-state index contributed by atoms with van der Waals surface area (Å²) in [5.74, 6) is 1.58. The van der Waals surface area contributed by atoms with Crippen LogP contribution in [0.5, 0.6) is 0 Å². The first-order chi connectivity index (χ1) is 8.22. The summed E-state index contributed by atoms with van der Waals surface area (Å²) in [6, 6.07) is 4.17. The zero-order valence-corrected chi connectivity index (χ0v) is 11.2. The highest BCUT2D eigenvalue weighted by Gasteiger charge is 2.18. The molecule has 0 saturated carbocycles. The fraction of sp³-hybridized carbons (Fsp3) is 0.615. The minimum atomic E-state index is 0.273. The smallest absolute Gasteiger partial charge is 0.129 e. The normalized spacial score (nSPS) is 20.6. The van der Waals surface area contributed by atoms with E-state index in [1.807, 2.05) is 0 Å². The fourth-order valence-corrected chi connectivity index (χ4v) is 2.23. The molecule has 1 aliphatic heterocycles. The highest BCUT2D eigenvalue weighted by atomic mass is 35.5. The van der Waals surface area contributed by atoms with Gasteiger partial charge in [-0.1, -0.05) is 6.92 Å². The summed E-state index contributed by atoms with van der Waals surface area (Å²) in [5, 5.41) is 0. The standard InChI is InChI=1S/C13H19ClN2O/c1-3-12-6-11(8-14)7-13(15-12)16-4-5-17-10(2)9-16/h6-7,10H,3-5,8-9H2,1-2H3. The molecule has 1 aromatic rings. The maximum atomic E-state index is 5.92. The molecule has 0 aliphatic carbocycles. The predicted molar refractivity (Wildman–Crippen MR) is 70.8 cm³/mol. The zero-order chi connectivity index (χ0) is 12.3. The van der Waals surface area contributed by atoms with Gasteiger partial charge in [-0.25, -0.2) is 4.98 Å². The number of alkyl halides is 1. The van der Waals surface area contributed by atoms with Crippen molar-refractivity contribution in [3.05, 3.63) is 23.4 Å². The lowest BCUT2D eigenvalue weighted by Crippen LogP contribution is -2.41. The fourth-order valence-electron chi connectivity index (χ4n) is 2.08. The van der Waals surface area contributed by atoms with Crippen LogP contribution < -0.4 is 4.90 Å². The maximum absolute atomic E-state index is 5.92. The van der Waals surface area contributed by atoms with Crippen molar-refractivity contribution >= 4 is 17.4 Å². The number of nitrogens with zero attached hydrogens (tertiary/aromatic N) is 2. The first-order valence-electron chi connectivity index (χ1n) is 6.15. The van der Waals surface area contributed by atoms with Gasteiger partial charge in [-0.2, -0.15) is 0 Å². The molecule has 0 aromatic carbocycles. The van der Waals surface area contributed by atoms with E-state index in [0.29, 0.717) is 5.88 Å². The van der Waals surface area contributed by atoms with Crippen molar-refractivity contribution in [2.45, 2.75) is 32.3 Å². The van der Waals surface area contributed by atoms with Gasteiger partial charge in [0.15, 0.2) is 0 Å². The lowest BCUT2D eigenvalue weighted by Gasteiger charge is -2.32. The van der Waals surface area contributed by atoms with Crippen LogP contribution in [0.1, 0.15) is 25.1 Å². The van der Waals surface area contributed by atoms with E-state index >= 15 is 0 Å². The van der Waals surface area contributed by atoms with Crippen molar-refractivity contribution in [1.82, 2.24) is 4.98 Å². The first kappa shape index (κ1) is 12.7. The molecule has 0 amide bonds. The van der Waals surface area contributed by atoms with Crippen molar-refractivity contribution in [2.24, 2.45) is 0 Å². The number of pyridine rings is 1. The van der Waals surface area contributed by atoms with Gasteiger partial charge in [0.1, 0.15) is 5.82 Å². The molecule has 2 rings (SSSR count). The Kier molecular flexibility index (Phi) is 4.24. The van der Waals surface area contributed by atoms with Gasteiger partial charge < -0.3 is 9.64 Å². The van der Waals surface area contributed by atoms with Crippen LogP contribution >= 0.6 is 11.6 Å². The Morgan fingerprint density at radius 2 is 2.35 bits per heavy atom. The van der Waals surface area contributed by atoms with E-state index in [4.69, 9.17) is 16.3 Å². The van der Waals surface area contributed by atoms with E-state index < -0.39 is 0 Å². The molecule has 1 saturated heterocycles. The molecule has 94 valence electrons. The molecule has 0 N–H and O–H groups in total. The van der Waals surface area contributed by atoms with Crippen LogP contribution in [0, 0.1) is 0 Å². The average Bonchev–Trinajstić information content (AvgIpc) is 2.38. The van der Waals surface area contributed by atoms with E-state index in [0.717, 1.165) is 43.2 Å². The minimum absolute atomic E-state index is 0.273. The number of morpholine rings is 1. The van der Waals surface area contributed by atoms with E-state index in [9.17, 15) is 0 Å². The Hall–Kier alpha value is -0.800. The summed E-state index contributed by atoms with van der Waals surface area (Å²) < 4.78 is 5.55. The van der Waals surface area contributed by atoms with Crippen molar-refractivity contribution < 1.29 is 4.74 Å². The first-order valence-corrected chi connectivity index (χ1v) is 6.68. The molecule has 2 heterocycles. The van der Waals surface area contributed by atoms with Gasteiger partial charge in [0, 0.05) is 24.7 Å². The summed E-state index contributed by atoms with van der Waals surface area (Å²) in [4.78, 5) is 6.95. The number of halogens is 1. The quantitative estimate of drug-likeness (QED) is 0.776. The topological polar surface area (TPSA) is 25.4 Å². The van der Waals surface area contributed by atoms with E-state index in [2.05, 4.69) is 35.9 Å². The second-order valence-electron chi connectivity index (χ2n) is 4.44. The molecule has 0 bridgehead atoms. The van der Waals surface area contributed by atoms with E-state index in [-0.39, 0.29) is 6.10 Å². The molecule has 1 atom stereocenters. The predicted octanol–water partition coefficient (Wildman–Crippen LogP) is 2.61. The van der Waals surface area contributed by atoms with Gasteiger partial charge in [-0.05, 0) is 31.0 Å². The summed E-state index contributed by atoms with van der Waals surface area (Å²) in [5.41, 5.74) is 2.25. The van der Waals surface area contributed by atoms with Crippen LogP contribution in [-0.4, -0.2) is 30.8 Å². The van der Waals surface area contributed by atoms with Crippen LogP contribution in [-0.2, 0) is 17.0 Å². The second kappa shape index (κ2) is 5.69. The number of aryl methyl sites for hydroxylation is 1. The SMILES string of the molecule is CCc1cc(CCl)cc(N2CCOC(C)C2)n1. The summed E-state index contributed by atoms with van der Waals surface area (Å²) in [7, 11) is 0. The molecule has 4 heteroatoms. The molecule has 1 aliphatic rings. The van der Waals surface area contributed by atoms with E-state index in [1.54, 1.807) is 0 Å². The molecule has 17 heavy (non-hydrogen) atoms. The van der Waals surface area contributed by atoms with Gasteiger partial charge >= 0.3 is 0 Å². The molecule has 3 nitrogen and oxygen atoms in total. The third-order valence-corrected chi connectivity index (χ3v) is 3.31. The number of hydrogen-bond acceptors (Lipinski definition) is 3. The third-order valence-electron chi connectivity index (χ3n) is 3.01. The number of hydrogen-bond donors (Lipinski definition) is 0. The maximum Gasteiger partial charge on any atom is 0.129 e. The third kappa shape index (κ3) is 3.11. The average molecular weight is 255 g/mol. The summed E-state index contributed by atoms with van der Waals surface area (Å²) in [6.45, 7) is 6.80. The Labute approximate surface area is 108 Å². The van der Waals surface area contributed by atoms with Crippen molar-refractivity contribution in [3.8, 4) is 0 Å². The van der Waals surface area contributed by atoms with Gasteiger partial charge in [0.25, 0.3) is 0 Å². The summed E-state index contributed by atoms with van der Waals surface area (Å²) >= 11 is 5.92. The largest absolute Gasteiger partial charge is 0.375 e. The van der Waals surface area contributed by atoms with E-state index in [1.165, 1.54) is 0 Å². The Balaban J connectivity index is 2.23. The molecule has 1 unspecified atom stereocenters. The van der Waals surface area contributed by atoms with Crippen molar-refractivity contribution in [2.75, 3.05) is 24.6 Å². The molecular formula is C13H19ClN2O. The minimum Gasteiger partial charge on any atom is -0.375 e. The van der Waals surface area contributed by atoms with Gasteiger partial charge in [0.2, 0.25) is 0 Å². The molecule has 1 fully saturated rings. The Morgan fingerprint density at radius 1 is 1.53 bits per heavy atom.